The lowest BCUT2D eigenvalue weighted by atomic mass is 9.99. The molecule has 0 N–H and O–H groups in total. The molecular weight excluding hydrogens is 357 g/mol. The molecule has 0 unspecified atom stereocenters. The molecule has 0 atom stereocenters. The minimum absolute atomic E-state index is 0.249. The van der Waals surface area contributed by atoms with Crippen molar-refractivity contribution in [1.29, 1.82) is 0 Å². The Bertz CT molecular complexity index is 771. The van der Waals surface area contributed by atoms with Gasteiger partial charge in [-0.3, -0.25) is 0 Å². The van der Waals surface area contributed by atoms with E-state index in [4.69, 9.17) is 15.8 Å². The van der Waals surface area contributed by atoms with Gasteiger partial charge in [0.1, 0.15) is 5.76 Å². The van der Waals surface area contributed by atoms with Gasteiger partial charge in [0.2, 0.25) is 0 Å². The lowest BCUT2D eigenvalue weighted by Gasteiger charge is -2.16. The maximum atomic E-state index is 12.7. The first kappa shape index (κ1) is 17.2. The predicted octanol–water partition coefficient (Wildman–Crippen LogP) is 6.73. The molecule has 3 rings (SSSR count). The number of alkyl halides is 3. The van der Waals surface area contributed by atoms with Crippen LogP contribution in [0.2, 0.25) is 5.02 Å². The van der Waals surface area contributed by atoms with Gasteiger partial charge in [-0.1, -0.05) is 54.1 Å². The Hall–Kier alpha value is -1.59. The fourth-order valence-corrected chi connectivity index (χ4v) is 3.46. The number of halogens is 4. The van der Waals surface area contributed by atoms with Gasteiger partial charge in [-0.25, -0.2) is 0 Å². The first-order chi connectivity index (χ1) is 11.5. The Balaban J connectivity index is 2.14. The van der Waals surface area contributed by atoms with E-state index >= 15 is 0 Å². The Morgan fingerprint density at radius 3 is 2.29 bits per heavy atom. The lowest BCUT2D eigenvalue weighted by molar-refractivity contribution is -0.0375. The average molecular weight is 371 g/mol. The van der Waals surface area contributed by atoms with Crippen LogP contribution in [0.15, 0.2) is 48.5 Å². The van der Waals surface area contributed by atoms with Gasteiger partial charge in [-0.15, -0.1) is 0 Å². The number of aryl methyl sites for hydroxylation is 1. The zero-order valence-electron chi connectivity index (χ0n) is 12.6. The third-order valence-electron chi connectivity index (χ3n) is 3.83. The van der Waals surface area contributed by atoms with Gasteiger partial charge in [0.05, 0.1) is 0 Å². The van der Waals surface area contributed by atoms with Crippen molar-refractivity contribution in [3.63, 3.8) is 0 Å². The summed E-state index contributed by atoms with van der Waals surface area (Å²) >= 11 is 5.79. The molecule has 0 saturated carbocycles. The number of hydrogen-bond donors (Lipinski definition) is 0. The van der Waals surface area contributed by atoms with Gasteiger partial charge in [0, 0.05) is 21.7 Å². The van der Waals surface area contributed by atoms with E-state index in [1.165, 1.54) is 0 Å². The Kier molecular flexibility index (Phi) is 5.11. The van der Waals surface area contributed by atoms with Crippen molar-refractivity contribution >= 4 is 35.0 Å². The standard InChI is InChI=1S/C18H14ClF3OS/c19-16-11-4-3-9-14(16)15-10-5-7-12-6-1-2-8-13(12)17(15)23-24-18(20,21)22/h1-4,6,8-9,11H,5,7,10H2. The second-order valence-electron chi connectivity index (χ2n) is 5.41. The summed E-state index contributed by atoms with van der Waals surface area (Å²) in [6, 6.07) is 14.6. The zero-order chi connectivity index (χ0) is 17.2. The molecule has 1 aliphatic carbocycles. The van der Waals surface area contributed by atoms with Gasteiger partial charge < -0.3 is 4.18 Å². The van der Waals surface area contributed by atoms with Crippen molar-refractivity contribution in [3.8, 4) is 0 Å². The molecule has 0 spiro atoms. The van der Waals surface area contributed by atoms with E-state index in [2.05, 4.69) is 0 Å². The first-order valence-corrected chi connectivity index (χ1v) is 8.56. The van der Waals surface area contributed by atoms with E-state index in [-0.39, 0.29) is 5.76 Å². The van der Waals surface area contributed by atoms with Crippen LogP contribution in [0.5, 0.6) is 0 Å². The highest BCUT2D eigenvalue weighted by Gasteiger charge is 2.33. The molecule has 0 aliphatic heterocycles. The van der Waals surface area contributed by atoms with E-state index < -0.39 is 17.6 Å². The molecule has 0 bridgehead atoms. The van der Waals surface area contributed by atoms with Crippen molar-refractivity contribution in [1.82, 2.24) is 0 Å². The summed E-state index contributed by atoms with van der Waals surface area (Å²) in [6.07, 6.45) is 2.21. The van der Waals surface area contributed by atoms with Crippen LogP contribution in [-0.4, -0.2) is 5.51 Å². The highest BCUT2D eigenvalue weighted by molar-refractivity contribution is 7.95. The van der Waals surface area contributed by atoms with Gasteiger partial charge in [0.15, 0.2) is 12.0 Å². The number of rotatable bonds is 3. The van der Waals surface area contributed by atoms with Gasteiger partial charge in [-0.2, -0.15) is 13.2 Å². The van der Waals surface area contributed by atoms with Gasteiger partial charge in [-0.05, 0) is 30.9 Å². The SMILES string of the molecule is FC(F)(F)SOC1=C(c2ccccc2Cl)CCCc2ccccc21. The van der Waals surface area contributed by atoms with E-state index in [9.17, 15) is 13.2 Å². The predicted molar refractivity (Wildman–Crippen MR) is 92.4 cm³/mol. The number of fused-ring (bicyclic) bond motifs is 1. The summed E-state index contributed by atoms with van der Waals surface area (Å²) in [7, 11) is 0. The highest BCUT2D eigenvalue weighted by atomic mass is 35.5. The largest absolute Gasteiger partial charge is 0.479 e. The Morgan fingerprint density at radius 1 is 0.917 bits per heavy atom. The zero-order valence-corrected chi connectivity index (χ0v) is 14.1. The van der Waals surface area contributed by atoms with Crippen LogP contribution in [0.1, 0.15) is 29.5 Å². The molecule has 0 aromatic heterocycles. The first-order valence-electron chi connectivity index (χ1n) is 7.44. The molecule has 24 heavy (non-hydrogen) atoms. The fourth-order valence-electron chi connectivity index (χ4n) is 2.84. The smallest absolute Gasteiger partial charge is 0.416 e. The third kappa shape index (κ3) is 3.90. The van der Waals surface area contributed by atoms with Crippen LogP contribution in [0, 0.1) is 0 Å². The molecule has 2 aromatic rings. The number of hydrogen-bond acceptors (Lipinski definition) is 2. The quantitative estimate of drug-likeness (QED) is 0.554. The van der Waals surface area contributed by atoms with Crippen LogP contribution < -0.4 is 0 Å². The van der Waals surface area contributed by atoms with Crippen molar-refractivity contribution in [2.75, 3.05) is 0 Å². The second-order valence-corrected chi connectivity index (χ2v) is 6.61. The normalized spacial score (nSPS) is 15.0. The molecule has 1 aliphatic rings. The van der Waals surface area contributed by atoms with E-state index in [1.807, 2.05) is 24.3 Å². The third-order valence-corrected chi connectivity index (χ3v) is 4.60. The molecule has 2 aromatic carbocycles. The lowest BCUT2D eigenvalue weighted by Crippen LogP contribution is -2.03. The summed E-state index contributed by atoms with van der Waals surface area (Å²) in [5, 5.41) is 0.505. The van der Waals surface area contributed by atoms with Crippen LogP contribution >= 0.6 is 23.6 Å². The van der Waals surface area contributed by atoms with Crippen molar-refractivity contribution in [3.05, 3.63) is 70.2 Å². The summed E-state index contributed by atoms with van der Waals surface area (Å²) < 4.78 is 43.2. The molecule has 0 radical (unpaired) electrons. The molecule has 126 valence electrons. The molecule has 0 fully saturated rings. The maximum absolute atomic E-state index is 12.7. The molecule has 0 amide bonds. The van der Waals surface area contributed by atoms with Crippen LogP contribution in [0.4, 0.5) is 13.2 Å². The Labute approximate surface area is 147 Å². The average Bonchev–Trinajstić information content (AvgIpc) is 2.72. The van der Waals surface area contributed by atoms with Crippen molar-refractivity contribution < 1.29 is 17.4 Å². The monoisotopic (exact) mass is 370 g/mol. The Morgan fingerprint density at radius 2 is 1.58 bits per heavy atom. The number of benzene rings is 2. The van der Waals surface area contributed by atoms with E-state index in [0.29, 0.717) is 28.1 Å². The minimum atomic E-state index is -4.47. The maximum Gasteiger partial charge on any atom is 0.479 e. The summed E-state index contributed by atoms with van der Waals surface area (Å²) in [5.74, 6) is 0.249. The molecule has 0 heterocycles. The fraction of sp³-hybridized carbons (Fsp3) is 0.222. The molecule has 6 heteroatoms. The second kappa shape index (κ2) is 7.11. The number of allylic oxidation sites excluding steroid dienone is 1. The van der Waals surface area contributed by atoms with Crippen molar-refractivity contribution in [2.45, 2.75) is 24.8 Å². The van der Waals surface area contributed by atoms with Crippen LogP contribution in [-0.2, 0) is 10.6 Å². The molecule has 1 nitrogen and oxygen atoms in total. The molecule has 0 saturated heterocycles. The van der Waals surface area contributed by atoms with E-state index in [0.717, 1.165) is 18.4 Å². The van der Waals surface area contributed by atoms with E-state index in [1.54, 1.807) is 24.3 Å². The van der Waals surface area contributed by atoms with Gasteiger partial charge >= 0.3 is 5.51 Å². The van der Waals surface area contributed by atoms with Crippen LogP contribution in [0.3, 0.4) is 0 Å². The summed E-state index contributed by atoms with van der Waals surface area (Å²) in [5.41, 5.74) is -1.37. The topological polar surface area (TPSA) is 9.23 Å². The summed E-state index contributed by atoms with van der Waals surface area (Å²) in [4.78, 5) is 0. The van der Waals surface area contributed by atoms with Crippen LogP contribution in [0.25, 0.3) is 11.3 Å². The summed E-state index contributed by atoms with van der Waals surface area (Å²) in [6.45, 7) is 0. The molecular formula is C18H14ClF3OS. The van der Waals surface area contributed by atoms with Crippen molar-refractivity contribution in [2.24, 2.45) is 0 Å². The van der Waals surface area contributed by atoms with Gasteiger partial charge in [0.25, 0.3) is 0 Å². The highest BCUT2D eigenvalue weighted by Crippen LogP contribution is 2.43. The minimum Gasteiger partial charge on any atom is -0.416 e.